The Morgan fingerprint density at radius 3 is 2.50 bits per heavy atom. The van der Waals surface area contributed by atoms with E-state index >= 15 is 0 Å². The standard InChI is InChI=1S/C13H21N5O2/c1-4-5-15-10-7-16-9(6-17-10)11(19)18-8-13(2,3)12(14)20/h6-7H,4-5,8H2,1-3H3,(H2,14,20)(H,15,17)(H,18,19). The highest BCUT2D eigenvalue weighted by atomic mass is 16.2. The van der Waals surface area contributed by atoms with Crippen molar-refractivity contribution in [1.29, 1.82) is 0 Å². The third-order valence-corrected chi connectivity index (χ3v) is 2.80. The van der Waals surface area contributed by atoms with E-state index in [0.717, 1.165) is 13.0 Å². The molecule has 7 nitrogen and oxygen atoms in total. The van der Waals surface area contributed by atoms with Crippen molar-refractivity contribution in [3.05, 3.63) is 18.1 Å². The van der Waals surface area contributed by atoms with Gasteiger partial charge in [0.05, 0.1) is 17.8 Å². The monoisotopic (exact) mass is 279 g/mol. The minimum Gasteiger partial charge on any atom is -0.369 e. The number of nitrogens with one attached hydrogen (secondary N) is 2. The van der Waals surface area contributed by atoms with Crippen molar-refractivity contribution in [2.24, 2.45) is 11.1 Å². The lowest BCUT2D eigenvalue weighted by Gasteiger charge is -2.20. The Bertz CT molecular complexity index is 470. The van der Waals surface area contributed by atoms with Gasteiger partial charge in [-0.25, -0.2) is 9.97 Å². The molecule has 0 aromatic carbocycles. The third-order valence-electron chi connectivity index (χ3n) is 2.80. The molecule has 0 bridgehead atoms. The molecule has 0 spiro atoms. The Hall–Kier alpha value is -2.18. The number of rotatable bonds is 7. The minimum absolute atomic E-state index is 0.151. The summed E-state index contributed by atoms with van der Waals surface area (Å²) in [5.74, 6) is -0.224. The van der Waals surface area contributed by atoms with Crippen molar-refractivity contribution in [3.63, 3.8) is 0 Å². The number of amides is 2. The molecule has 2 amide bonds. The van der Waals surface area contributed by atoms with Crippen molar-refractivity contribution >= 4 is 17.6 Å². The van der Waals surface area contributed by atoms with E-state index in [0.29, 0.717) is 5.82 Å². The van der Waals surface area contributed by atoms with Crippen LogP contribution in [0.15, 0.2) is 12.4 Å². The van der Waals surface area contributed by atoms with E-state index in [1.54, 1.807) is 13.8 Å². The lowest BCUT2D eigenvalue weighted by Crippen LogP contribution is -2.42. The molecule has 1 aromatic rings. The molecule has 0 fully saturated rings. The topological polar surface area (TPSA) is 110 Å². The second-order valence-electron chi connectivity index (χ2n) is 5.14. The van der Waals surface area contributed by atoms with Gasteiger partial charge < -0.3 is 16.4 Å². The molecule has 0 radical (unpaired) electrons. The summed E-state index contributed by atoms with van der Waals surface area (Å²) < 4.78 is 0. The molecule has 1 rings (SSSR count). The molecule has 0 saturated heterocycles. The number of aromatic nitrogens is 2. The smallest absolute Gasteiger partial charge is 0.271 e. The second-order valence-corrected chi connectivity index (χ2v) is 5.14. The van der Waals surface area contributed by atoms with Crippen molar-refractivity contribution in [1.82, 2.24) is 15.3 Å². The summed E-state index contributed by atoms with van der Waals surface area (Å²) in [5, 5.41) is 5.69. The molecule has 0 aliphatic heterocycles. The fraction of sp³-hybridized carbons (Fsp3) is 0.538. The molecular weight excluding hydrogens is 258 g/mol. The molecule has 0 unspecified atom stereocenters. The van der Waals surface area contributed by atoms with Crippen molar-refractivity contribution in [3.8, 4) is 0 Å². The molecule has 0 aliphatic carbocycles. The number of carbonyl (C=O) groups excluding carboxylic acids is 2. The van der Waals surface area contributed by atoms with E-state index in [2.05, 4.69) is 20.6 Å². The van der Waals surface area contributed by atoms with Crippen LogP contribution >= 0.6 is 0 Å². The number of carbonyl (C=O) groups is 2. The second kappa shape index (κ2) is 6.83. The van der Waals surface area contributed by atoms with Crippen LogP contribution in [0.25, 0.3) is 0 Å². The van der Waals surface area contributed by atoms with E-state index in [9.17, 15) is 9.59 Å². The Labute approximate surface area is 118 Å². The number of primary amides is 1. The first-order valence-corrected chi connectivity index (χ1v) is 6.51. The maximum Gasteiger partial charge on any atom is 0.271 e. The van der Waals surface area contributed by atoms with Gasteiger partial charge >= 0.3 is 0 Å². The lowest BCUT2D eigenvalue weighted by molar-refractivity contribution is -0.125. The van der Waals surface area contributed by atoms with Crippen LogP contribution in [0, 0.1) is 5.41 Å². The van der Waals surface area contributed by atoms with Crippen LogP contribution in [-0.2, 0) is 4.79 Å². The SMILES string of the molecule is CCCNc1cnc(C(=O)NCC(C)(C)C(N)=O)cn1. The minimum atomic E-state index is -0.800. The van der Waals surface area contributed by atoms with Crippen LogP contribution in [-0.4, -0.2) is 34.9 Å². The van der Waals surface area contributed by atoms with Crippen molar-refractivity contribution in [2.45, 2.75) is 27.2 Å². The zero-order chi connectivity index (χ0) is 15.2. The summed E-state index contributed by atoms with van der Waals surface area (Å²) >= 11 is 0. The Kier molecular flexibility index (Phi) is 5.42. The van der Waals surface area contributed by atoms with E-state index in [-0.39, 0.29) is 18.1 Å². The van der Waals surface area contributed by atoms with Gasteiger partial charge in [0.15, 0.2) is 0 Å². The highest BCUT2D eigenvalue weighted by Crippen LogP contribution is 2.12. The van der Waals surface area contributed by atoms with Crippen LogP contribution < -0.4 is 16.4 Å². The zero-order valence-corrected chi connectivity index (χ0v) is 12.1. The average Bonchev–Trinajstić information content (AvgIpc) is 2.43. The number of nitrogens with zero attached hydrogens (tertiary/aromatic N) is 2. The number of nitrogens with two attached hydrogens (primary N) is 1. The first-order chi connectivity index (χ1) is 9.36. The summed E-state index contributed by atoms with van der Waals surface area (Å²) in [7, 11) is 0. The fourth-order valence-corrected chi connectivity index (χ4v) is 1.27. The van der Waals surface area contributed by atoms with Gasteiger partial charge in [-0.3, -0.25) is 9.59 Å². The summed E-state index contributed by atoms with van der Waals surface area (Å²) in [4.78, 5) is 31.1. The Balaban J connectivity index is 2.58. The Morgan fingerprint density at radius 1 is 1.30 bits per heavy atom. The quantitative estimate of drug-likeness (QED) is 0.674. The van der Waals surface area contributed by atoms with Gasteiger partial charge in [-0.05, 0) is 20.3 Å². The molecule has 7 heteroatoms. The molecule has 1 aromatic heterocycles. The molecule has 110 valence electrons. The summed E-state index contributed by atoms with van der Waals surface area (Å²) in [5.41, 5.74) is 4.64. The highest BCUT2D eigenvalue weighted by Gasteiger charge is 2.25. The molecular formula is C13H21N5O2. The summed E-state index contributed by atoms with van der Waals surface area (Å²) in [6.07, 6.45) is 3.88. The molecule has 0 saturated carbocycles. The first-order valence-electron chi connectivity index (χ1n) is 6.51. The number of hydrogen-bond donors (Lipinski definition) is 3. The van der Waals surface area contributed by atoms with E-state index < -0.39 is 11.3 Å². The van der Waals surface area contributed by atoms with E-state index in [4.69, 9.17) is 5.73 Å². The predicted molar refractivity (Wildman–Crippen MR) is 76.1 cm³/mol. The van der Waals surface area contributed by atoms with E-state index in [1.807, 2.05) is 6.92 Å². The van der Waals surface area contributed by atoms with Gasteiger partial charge in [-0.2, -0.15) is 0 Å². The van der Waals surface area contributed by atoms with Gasteiger partial charge in [0.25, 0.3) is 5.91 Å². The van der Waals surface area contributed by atoms with Gasteiger partial charge in [-0.15, -0.1) is 0 Å². The lowest BCUT2D eigenvalue weighted by atomic mass is 9.93. The van der Waals surface area contributed by atoms with Crippen LogP contribution in [0.4, 0.5) is 5.82 Å². The molecule has 20 heavy (non-hydrogen) atoms. The van der Waals surface area contributed by atoms with Crippen LogP contribution in [0.3, 0.4) is 0 Å². The number of anilines is 1. The zero-order valence-electron chi connectivity index (χ0n) is 12.1. The van der Waals surface area contributed by atoms with Crippen LogP contribution in [0.5, 0.6) is 0 Å². The van der Waals surface area contributed by atoms with Crippen LogP contribution in [0.2, 0.25) is 0 Å². The molecule has 0 atom stereocenters. The molecule has 4 N–H and O–H groups in total. The number of hydrogen-bond acceptors (Lipinski definition) is 5. The molecule has 0 aliphatic rings. The summed E-state index contributed by atoms with van der Waals surface area (Å²) in [6.45, 7) is 6.33. The van der Waals surface area contributed by atoms with Gasteiger partial charge in [0.2, 0.25) is 5.91 Å². The van der Waals surface area contributed by atoms with Crippen molar-refractivity contribution in [2.75, 3.05) is 18.4 Å². The van der Waals surface area contributed by atoms with Gasteiger partial charge in [-0.1, -0.05) is 6.92 Å². The van der Waals surface area contributed by atoms with Crippen LogP contribution in [0.1, 0.15) is 37.7 Å². The summed E-state index contributed by atoms with van der Waals surface area (Å²) in [6, 6.07) is 0. The first kappa shape index (κ1) is 15.9. The highest BCUT2D eigenvalue weighted by molar-refractivity contribution is 5.92. The van der Waals surface area contributed by atoms with Gasteiger partial charge in [0.1, 0.15) is 11.5 Å². The maximum absolute atomic E-state index is 11.9. The van der Waals surface area contributed by atoms with Gasteiger partial charge in [0, 0.05) is 13.1 Å². The van der Waals surface area contributed by atoms with E-state index in [1.165, 1.54) is 12.4 Å². The maximum atomic E-state index is 11.9. The Morgan fingerprint density at radius 2 is 2.00 bits per heavy atom. The molecule has 1 heterocycles. The average molecular weight is 279 g/mol. The largest absolute Gasteiger partial charge is 0.369 e. The fourth-order valence-electron chi connectivity index (χ4n) is 1.27. The predicted octanol–water partition coefficient (Wildman–Crippen LogP) is 0.540. The normalized spacial score (nSPS) is 10.9. The third kappa shape index (κ3) is 4.49. The van der Waals surface area contributed by atoms with Crippen molar-refractivity contribution < 1.29 is 9.59 Å².